The summed E-state index contributed by atoms with van der Waals surface area (Å²) in [5, 5.41) is 9.18. The first-order valence-corrected chi connectivity index (χ1v) is 23.4. The van der Waals surface area contributed by atoms with E-state index in [1.807, 2.05) is 144 Å². The summed E-state index contributed by atoms with van der Waals surface area (Å²) >= 11 is 0. The fourth-order valence-corrected chi connectivity index (χ4v) is 11.4. The number of aryl methyl sites for hydroxylation is 3. The van der Waals surface area contributed by atoms with E-state index in [9.17, 15) is 22.8 Å². The lowest BCUT2D eigenvalue weighted by molar-refractivity contribution is -0.141. The van der Waals surface area contributed by atoms with Crippen LogP contribution in [0.3, 0.4) is 0 Å². The summed E-state index contributed by atoms with van der Waals surface area (Å²) in [4.78, 5) is 42.9. The van der Waals surface area contributed by atoms with Gasteiger partial charge in [0, 0.05) is 17.8 Å². The molecule has 1 saturated carbocycles. The van der Waals surface area contributed by atoms with Crippen LogP contribution < -0.4 is 20.7 Å². The van der Waals surface area contributed by atoms with Crippen molar-refractivity contribution in [3.8, 4) is 0 Å². The number of amides is 3. The Morgan fingerprint density at radius 1 is 0.694 bits per heavy atom. The van der Waals surface area contributed by atoms with E-state index in [1.165, 1.54) is 0 Å². The zero-order valence-electron chi connectivity index (χ0n) is 36.8. The van der Waals surface area contributed by atoms with Crippen molar-refractivity contribution >= 4 is 39.1 Å². The zero-order valence-corrected chi connectivity index (χ0v) is 37.6. The molecule has 3 amide bonds. The van der Waals surface area contributed by atoms with Crippen molar-refractivity contribution in [3.63, 3.8) is 0 Å². The number of benzene rings is 5. The molecule has 62 heavy (non-hydrogen) atoms. The number of carbonyl (C=O) groups excluding carboxylic acids is 3. The summed E-state index contributed by atoms with van der Waals surface area (Å²) in [5.41, 5.74) is 6.45. The molecule has 1 fully saturated rings. The molecule has 5 aromatic carbocycles. The van der Waals surface area contributed by atoms with Gasteiger partial charge in [0.15, 0.2) is 0 Å². The summed E-state index contributed by atoms with van der Waals surface area (Å²) in [7, 11) is -4.26. The van der Waals surface area contributed by atoms with Gasteiger partial charge in [0.25, 0.3) is 0 Å². The van der Waals surface area contributed by atoms with Crippen LogP contribution in [0.25, 0.3) is 0 Å². The second kappa shape index (κ2) is 18.4. The number of hydrogen-bond donors (Lipinski definition) is 4. The van der Waals surface area contributed by atoms with E-state index < -0.39 is 38.8 Å². The molecule has 2 aliphatic carbocycles. The van der Waals surface area contributed by atoms with Crippen molar-refractivity contribution in [2.45, 2.75) is 115 Å². The Kier molecular flexibility index (Phi) is 13.2. The van der Waals surface area contributed by atoms with Crippen molar-refractivity contribution in [2.24, 2.45) is 11.3 Å². The Morgan fingerprint density at radius 2 is 1.21 bits per heavy atom. The van der Waals surface area contributed by atoms with Gasteiger partial charge in [0.1, 0.15) is 12.1 Å². The number of rotatable bonds is 14. The Labute approximate surface area is 367 Å². The molecule has 7 rings (SSSR count). The molecule has 9 nitrogen and oxygen atoms in total. The minimum atomic E-state index is -4.26. The molecule has 0 bridgehead atoms. The molecule has 0 aliphatic heterocycles. The third-order valence-electron chi connectivity index (χ3n) is 13.4. The minimum absolute atomic E-state index is 0.124. The highest BCUT2D eigenvalue weighted by atomic mass is 32.2. The Hall–Kier alpha value is -5.58. The van der Waals surface area contributed by atoms with E-state index in [2.05, 4.69) is 27.6 Å². The van der Waals surface area contributed by atoms with E-state index in [-0.39, 0.29) is 35.0 Å². The number of carbonyl (C=O) groups is 3. The van der Waals surface area contributed by atoms with Gasteiger partial charge in [0.05, 0.1) is 10.3 Å². The molecule has 0 spiro atoms. The summed E-state index contributed by atoms with van der Waals surface area (Å²) in [6.45, 7) is 12.1. The van der Waals surface area contributed by atoms with Crippen LogP contribution in [0.15, 0.2) is 126 Å². The van der Waals surface area contributed by atoms with Gasteiger partial charge in [-0.2, -0.15) is 4.72 Å². The van der Waals surface area contributed by atoms with Gasteiger partial charge in [-0.1, -0.05) is 136 Å². The lowest BCUT2D eigenvalue weighted by Crippen LogP contribution is -2.58. The molecular weight excluding hydrogens is 793 g/mol. The summed E-state index contributed by atoms with van der Waals surface area (Å²) in [6.07, 6.45) is 4.07. The van der Waals surface area contributed by atoms with Crippen LogP contribution in [0.2, 0.25) is 0 Å². The number of sulfonamides is 1. The van der Waals surface area contributed by atoms with Crippen molar-refractivity contribution < 1.29 is 22.8 Å². The number of anilines is 2. The normalized spacial score (nSPS) is 20.6. The highest BCUT2D eigenvalue weighted by Gasteiger charge is 2.55. The zero-order chi connectivity index (χ0) is 44.2. The first-order valence-electron chi connectivity index (χ1n) is 21.9. The lowest BCUT2D eigenvalue weighted by Gasteiger charge is -2.55. The second-order valence-electron chi connectivity index (χ2n) is 18.3. The maximum atomic E-state index is 14.8. The van der Waals surface area contributed by atoms with Gasteiger partial charge in [-0.3, -0.25) is 14.4 Å². The van der Waals surface area contributed by atoms with Crippen molar-refractivity contribution in [1.82, 2.24) is 10.0 Å². The average molecular weight is 853 g/mol. The molecule has 5 aromatic rings. The van der Waals surface area contributed by atoms with Crippen LogP contribution in [-0.4, -0.2) is 38.2 Å². The van der Waals surface area contributed by atoms with Crippen LogP contribution in [0.1, 0.15) is 98.2 Å². The molecule has 4 N–H and O–H groups in total. The third-order valence-corrected chi connectivity index (χ3v) is 14.9. The molecule has 0 saturated heterocycles. The highest BCUT2D eigenvalue weighted by Crippen LogP contribution is 2.58. The van der Waals surface area contributed by atoms with E-state index >= 15 is 0 Å². The van der Waals surface area contributed by atoms with Gasteiger partial charge in [-0.15, -0.1) is 0 Å². The monoisotopic (exact) mass is 852 g/mol. The van der Waals surface area contributed by atoms with Crippen molar-refractivity contribution in [3.05, 3.63) is 160 Å². The fourth-order valence-electron chi connectivity index (χ4n) is 9.87. The number of nitrogens with one attached hydrogen (secondary N) is 4. The fraction of sp³-hybridized carbons (Fsp3) is 0.365. The molecule has 0 heterocycles. The predicted octanol–water partition coefficient (Wildman–Crippen LogP) is 9.33. The molecular formula is C52H60N4O5S. The Balaban J connectivity index is 1.20. The molecule has 0 unspecified atom stereocenters. The van der Waals surface area contributed by atoms with Gasteiger partial charge in [-0.25, -0.2) is 8.42 Å². The predicted molar refractivity (Wildman–Crippen MR) is 248 cm³/mol. The first-order chi connectivity index (χ1) is 29.6. The molecule has 2 aliphatic rings. The van der Waals surface area contributed by atoms with Crippen LogP contribution in [0.5, 0.6) is 0 Å². The van der Waals surface area contributed by atoms with E-state index in [4.69, 9.17) is 0 Å². The van der Waals surface area contributed by atoms with Crippen LogP contribution in [0, 0.1) is 25.2 Å². The summed E-state index contributed by atoms with van der Waals surface area (Å²) < 4.78 is 32.5. The highest BCUT2D eigenvalue weighted by molar-refractivity contribution is 7.89. The molecule has 10 heteroatoms. The summed E-state index contributed by atoms with van der Waals surface area (Å²) in [6, 6.07) is 36.1. The largest absolute Gasteiger partial charge is 0.343 e. The molecule has 0 radical (unpaired) electrons. The summed E-state index contributed by atoms with van der Waals surface area (Å²) in [5.74, 6) is -1.17. The average Bonchev–Trinajstić information content (AvgIpc) is 3.25. The number of fused-ring (bicyclic) bond motifs is 3. The van der Waals surface area contributed by atoms with Crippen LogP contribution in [0.4, 0.5) is 11.4 Å². The van der Waals surface area contributed by atoms with Crippen LogP contribution in [-0.2, 0) is 49.1 Å². The molecule has 324 valence electrons. The topological polar surface area (TPSA) is 133 Å². The Bertz CT molecular complexity index is 2510. The minimum Gasteiger partial charge on any atom is -0.343 e. The molecule has 0 aromatic heterocycles. The van der Waals surface area contributed by atoms with E-state index in [1.54, 1.807) is 12.1 Å². The van der Waals surface area contributed by atoms with Gasteiger partial charge < -0.3 is 16.0 Å². The van der Waals surface area contributed by atoms with Crippen LogP contribution >= 0.6 is 0 Å². The van der Waals surface area contributed by atoms with Gasteiger partial charge in [0.2, 0.25) is 27.7 Å². The SMILES string of the molecule is Cc1ccc(NC(=O)[C@@H](Cc2ccccc2)NC(=O)[C@]2(C)CCC[C@]3(C)c4cc(S(=O)(=O)N[C@H](Cc5ccccc5)C(=O)Nc5ccc(C)cc5)c(C(C)C)cc4CC[C@@H]23)cc1. The van der Waals surface area contributed by atoms with Crippen molar-refractivity contribution in [1.29, 1.82) is 0 Å². The first kappa shape index (κ1) is 44.5. The second-order valence-corrected chi connectivity index (χ2v) is 20.0. The maximum absolute atomic E-state index is 14.8. The third kappa shape index (κ3) is 9.72. The van der Waals surface area contributed by atoms with Gasteiger partial charge >= 0.3 is 0 Å². The van der Waals surface area contributed by atoms with Gasteiger partial charge in [-0.05, 0) is 121 Å². The van der Waals surface area contributed by atoms with Crippen molar-refractivity contribution in [2.75, 3.05) is 10.6 Å². The van der Waals surface area contributed by atoms with E-state index in [0.29, 0.717) is 36.2 Å². The smallest absolute Gasteiger partial charge is 0.247 e. The molecule has 5 atom stereocenters. The quantitative estimate of drug-likeness (QED) is 0.0884. The standard InChI is InChI=1S/C52H60N4O5S/c1-34(2)42-32-39-22-27-47-51(5,28-13-29-52(47,6)50(59)55-44(30-37-14-9-7-10-15-37)48(57)53-40-23-18-35(3)19-24-40)43(39)33-46(42)62(60,61)56-45(31-38-16-11-8-12-17-38)49(58)54-41-25-20-36(4)21-26-41/h7-12,14-21,23-26,32-34,44-45,47,56H,13,22,27-31H2,1-6H3,(H,53,57)(H,54,58)(H,55,59)/t44-,45-,47-,51-,52-/m1/s1. The maximum Gasteiger partial charge on any atom is 0.247 e. The number of hydrogen-bond acceptors (Lipinski definition) is 5. The Morgan fingerprint density at radius 3 is 1.74 bits per heavy atom. The lowest BCUT2D eigenvalue weighted by atomic mass is 9.49. The van der Waals surface area contributed by atoms with E-state index in [0.717, 1.165) is 52.6 Å².